The van der Waals surface area contributed by atoms with Crippen LogP contribution in [-0.4, -0.2) is 71.4 Å². The molecule has 0 atom stereocenters. The molecule has 2 aliphatic heterocycles. The molecule has 3 aromatic carbocycles. The largest absolute Gasteiger partial charge is 0.514 e. The van der Waals surface area contributed by atoms with Crippen molar-refractivity contribution in [1.82, 2.24) is 9.80 Å². The van der Waals surface area contributed by atoms with E-state index in [-0.39, 0.29) is 17.1 Å². The number of piperazine rings is 1. The SMILES string of the molecule is CC(C)(C)OC(=O)N1CCN(C2(/C(=C/O)Nc3ccc4sc5c(-c6cccc7c(=O)cc(N8CCCCC8)oc67)cccc5c4c3)CC2)CC1. The molecule has 1 amide bonds. The monoisotopic (exact) mass is 692 g/mol. The number of nitrogens with zero attached hydrogens (tertiary/aromatic N) is 3. The van der Waals surface area contributed by atoms with Crippen molar-refractivity contribution in [2.24, 2.45) is 0 Å². The highest BCUT2D eigenvalue weighted by Gasteiger charge is 2.52. The standard InChI is InChI=1S/C40H44N4O5S/c1-39(2,3)49-38(47)43-19-21-44(22-20-43)40(15-16-40)34(25-45)41-26-13-14-33-31(23-26)29-11-8-10-28(37(29)50-33)27-9-7-12-30-32(46)24-35(48-36(27)30)42-17-5-4-6-18-42/h7-14,23-25,41,45H,4-6,15-22H2,1-3H3/b34-25-. The smallest absolute Gasteiger partial charge is 0.410 e. The molecule has 9 nitrogen and oxygen atoms in total. The maximum atomic E-state index is 13.3. The number of ether oxygens (including phenoxy) is 1. The minimum absolute atomic E-state index is 0.0148. The van der Waals surface area contributed by atoms with Gasteiger partial charge in [-0.3, -0.25) is 9.69 Å². The van der Waals surface area contributed by atoms with Gasteiger partial charge >= 0.3 is 6.09 Å². The average Bonchev–Trinajstić information content (AvgIpc) is 3.84. The van der Waals surface area contributed by atoms with Gasteiger partial charge in [0.25, 0.3) is 0 Å². The number of piperidine rings is 1. The molecule has 5 aromatic rings. The van der Waals surface area contributed by atoms with E-state index >= 15 is 0 Å². The van der Waals surface area contributed by atoms with Crippen LogP contribution in [-0.2, 0) is 4.74 Å². The number of anilines is 2. The molecule has 2 aromatic heterocycles. The summed E-state index contributed by atoms with van der Waals surface area (Å²) in [7, 11) is 0. The third-order valence-electron chi connectivity index (χ3n) is 10.4. The van der Waals surface area contributed by atoms with Gasteiger partial charge in [0, 0.05) is 82.3 Å². The lowest BCUT2D eigenvalue weighted by Crippen LogP contribution is -2.54. The molecule has 1 saturated carbocycles. The first-order valence-corrected chi connectivity index (χ1v) is 18.6. The molecule has 0 spiro atoms. The van der Waals surface area contributed by atoms with Crippen LogP contribution in [0.15, 0.2) is 81.8 Å². The third-order valence-corrected chi connectivity index (χ3v) is 11.6. The van der Waals surface area contributed by atoms with Crippen LogP contribution in [0.5, 0.6) is 0 Å². The van der Waals surface area contributed by atoms with Crippen molar-refractivity contribution in [3.05, 3.63) is 82.8 Å². The molecule has 4 heterocycles. The summed E-state index contributed by atoms with van der Waals surface area (Å²) in [5.41, 5.74) is 3.46. The molecule has 2 N–H and O–H groups in total. The number of amides is 1. The van der Waals surface area contributed by atoms with E-state index in [0.29, 0.717) is 43.0 Å². The quantitative estimate of drug-likeness (QED) is 0.171. The number of para-hydroxylation sites is 1. The number of hydrogen-bond donors (Lipinski definition) is 2. The van der Waals surface area contributed by atoms with E-state index in [9.17, 15) is 14.7 Å². The number of hydrogen-bond acceptors (Lipinski definition) is 9. The van der Waals surface area contributed by atoms with Crippen LogP contribution in [0.25, 0.3) is 42.3 Å². The van der Waals surface area contributed by atoms with Crippen LogP contribution >= 0.6 is 11.3 Å². The molecule has 8 rings (SSSR count). The predicted molar refractivity (Wildman–Crippen MR) is 203 cm³/mol. The number of aliphatic hydroxyl groups is 1. The summed E-state index contributed by atoms with van der Waals surface area (Å²) in [5, 5.41) is 16.9. The second kappa shape index (κ2) is 12.7. The zero-order chi connectivity index (χ0) is 34.6. The van der Waals surface area contributed by atoms with Gasteiger partial charge < -0.3 is 29.4 Å². The van der Waals surface area contributed by atoms with Gasteiger partial charge in [-0.25, -0.2) is 4.79 Å². The topological polar surface area (TPSA) is 98.5 Å². The molecule has 0 bridgehead atoms. The maximum Gasteiger partial charge on any atom is 0.410 e. The van der Waals surface area contributed by atoms with E-state index in [2.05, 4.69) is 57.6 Å². The number of fused-ring (bicyclic) bond motifs is 4. The molecule has 50 heavy (non-hydrogen) atoms. The lowest BCUT2D eigenvalue weighted by molar-refractivity contribution is 0.0104. The summed E-state index contributed by atoms with van der Waals surface area (Å²) in [5.74, 6) is 0.653. The molecule has 10 heteroatoms. The Morgan fingerprint density at radius 2 is 1.62 bits per heavy atom. The van der Waals surface area contributed by atoms with Gasteiger partial charge in [-0.2, -0.15) is 0 Å². The van der Waals surface area contributed by atoms with Crippen LogP contribution < -0.4 is 15.6 Å². The zero-order valence-electron chi connectivity index (χ0n) is 29.0. The Hall–Kier alpha value is -4.54. The highest BCUT2D eigenvalue weighted by Crippen LogP contribution is 2.49. The summed E-state index contributed by atoms with van der Waals surface area (Å²) < 4.78 is 14.4. The first-order chi connectivity index (χ1) is 24.1. The minimum Gasteiger partial charge on any atom is -0.514 e. The van der Waals surface area contributed by atoms with Crippen molar-refractivity contribution in [2.75, 3.05) is 49.5 Å². The van der Waals surface area contributed by atoms with Gasteiger partial charge in [0.15, 0.2) is 11.3 Å². The number of carbonyl (C=O) groups is 1. The Kier molecular flexibility index (Phi) is 8.26. The lowest BCUT2D eigenvalue weighted by atomic mass is 10.00. The van der Waals surface area contributed by atoms with Crippen LogP contribution in [0.4, 0.5) is 16.4 Å². The molecule has 0 radical (unpaired) electrons. The van der Waals surface area contributed by atoms with Gasteiger partial charge in [-0.15, -0.1) is 11.3 Å². The number of carbonyl (C=O) groups excluding carboxylic acids is 1. The normalized spacial score (nSPS) is 18.6. The Morgan fingerprint density at radius 1 is 0.900 bits per heavy atom. The summed E-state index contributed by atoms with van der Waals surface area (Å²) >= 11 is 1.74. The van der Waals surface area contributed by atoms with E-state index in [4.69, 9.17) is 9.15 Å². The van der Waals surface area contributed by atoms with Gasteiger partial charge in [0.2, 0.25) is 0 Å². The molecular weight excluding hydrogens is 649 g/mol. The van der Waals surface area contributed by atoms with Crippen LogP contribution in [0.1, 0.15) is 52.9 Å². The van der Waals surface area contributed by atoms with Crippen molar-refractivity contribution in [1.29, 1.82) is 0 Å². The fourth-order valence-corrected chi connectivity index (χ4v) is 8.89. The average molecular weight is 693 g/mol. The lowest BCUT2D eigenvalue weighted by Gasteiger charge is -2.40. The zero-order valence-corrected chi connectivity index (χ0v) is 29.8. The fourth-order valence-electron chi connectivity index (χ4n) is 7.68. The molecule has 3 fully saturated rings. The first-order valence-electron chi connectivity index (χ1n) is 17.8. The molecule has 0 unspecified atom stereocenters. The van der Waals surface area contributed by atoms with Crippen LogP contribution in [0.3, 0.4) is 0 Å². The van der Waals surface area contributed by atoms with Crippen molar-refractivity contribution in [2.45, 2.75) is 64.0 Å². The van der Waals surface area contributed by atoms with E-state index < -0.39 is 5.60 Å². The highest BCUT2D eigenvalue weighted by atomic mass is 32.1. The fraction of sp³-hybridized carbons (Fsp3) is 0.400. The minimum atomic E-state index is -0.525. The molecule has 2 saturated heterocycles. The maximum absolute atomic E-state index is 13.3. The first kappa shape index (κ1) is 32.7. The van der Waals surface area contributed by atoms with Crippen LogP contribution in [0.2, 0.25) is 0 Å². The summed E-state index contributed by atoms with van der Waals surface area (Å²) in [4.78, 5) is 32.3. The number of aliphatic hydroxyl groups excluding tert-OH is 1. The third kappa shape index (κ3) is 5.98. The predicted octanol–water partition coefficient (Wildman–Crippen LogP) is 8.71. The van der Waals surface area contributed by atoms with Crippen LogP contribution in [0, 0.1) is 0 Å². The molecule has 260 valence electrons. The van der Waals surface area contributed by atoms with Crippen molar-refractivity contribution >= 4 is 60.1 Å². The van der Waals surface area contributed by atoms with Gasteiger partial charge in [0.1, 0.15) is 17.4 Å². The number of thiophene rings is 1. The van der Waals surface area contributed by atoms with Gasteiger partial charge in [0.05, 0.1) is 16.6 Å². The van der Waals surface area contributed by atoms with E-state index in [1.165, 1.54) is 12.7 Å². The van der Waals surface area contributed by atoms with Gasteiger partial charge in [-0.1, -0.05) is 30.3 Å². The number of nitrogens with one attached hydrogen (secondary N) is 1. The number of benzene rings is 3. The Balaban J connectivity index is 1.08. The second-order valence-electron chi connectivity index (χ2n) is 14.8. The van der Waals surface area contributed by atoms with E-state index in [1.54, 1.807) is 22.3 Å². The van der Waals surface area contributed by atoms with Crippen molar-refractivity contribution < 1.29 is 19.1 Å². The summed E-state index contributed by atoms with van der Waals surface area (Å²) in [6.45, 7) is 10.1. The van der Waals surface area contributed by atoms with Crippen molar-refractivity contribution in [3.8, 4) is 11.1 Å². The van der Waals surface area contributed by atoms with Gasteiger partial charge in [-0.05, 0) is 77.1 Å². The summed E-state index contributed by atoms with van der Waals surface area (Å²) in [6, 6.07) is 20.2. The molecular formula is C40H44N4O5S. The highest BCUT2D eigenvalue weighted by molar-refractivity contribution is 7.26. The molecule has 1 aliphatic carbocycles. The number of rotatable bonds is 6. The summed E-state index contributed by atoms with van der Waals surface area (Å²) in [6.07, 6.45) is 6.23. The Morgan fingerprint density at radius 3 is 2.32 bits per heavy atom. The molecule has 3 aliphatic rings. The van der Waals surface area contributed by atoms with E-state index in [0.717, 1.165) is 81.5 Å². The van der Waals surface area contributed by atoms with E-state index in [1.807, 2.05) is 32.9 Å². The Labute approximate surface area is 295 Å². The Bertz CT molecular complexity index is 2180. The second-order valence-corrected chi connectivity index (χ2v) is 15.9. The van der Waals surface area contributed by atoms with Crippen molar-refractivity contribution in [3.63, 3.8) is 0 Å².